The number of carbonyl (C=O) groups is 2. The van der Waals surface area contributed by atoms with Crippen LogP contribution in [0.2, 0.25) is 0 Å². The second-order valence-corrected chi connectivity index (χ2v) is 3.73. The first-order valence-corrected chi connectivity index (χ1v) is 5.23. The van der Waals surface area contributed by atoms with Crippen molar-refractivity contribution >= 4 is 11.7 Å². The Morgan fingerprint density at radius 3 is 2.13 bits per heavy atom. The van der Waals surface area contributed by atoms with E-state index in [1.54, 1.807) is 6.92 Å². The number of ketones is 1. The van der Waals surface area contributed by atoms with E-state index in [1.165, 1.54) is 6.92 Å². The molecule has 0 heterocycles. The molecule has 2 atom stereocenters. The number of rotatable bonds is 7. The van der Waals surface area contributed by atoms with Gasteiger partial charge in [-0.3, -0.25) is 9.59 Å². The van der Waals surface area contributed by atoms with Crippen molar-refractivity contribution < 1.29 is 9.59 Å². The lowest BCUT2D eigenvalue weighted by molar-refractivity contribution is -0.129. The molecule has 0 spiro atoms. The summed E-state index contributed by atoms with van der Waals surface area (Å²) in [7, 11) is 0. The van der Waals surface area contributed by atoms with Gasteiger partial charge in [-0.1, -0.05) is 6.92 Å². The van der Waals surface area contributed by atoms with E-state index in [0.29, 0.717) is 25.9 Å². The van der Waals surface area contributed by atoms with Crippen LogP contribution in [0.3, 0.4) is 0 Å². The third-order valence-electron chi connectivity index (χ3n) is 2.31. The highest BCUT2D eigenvalue weighted by Gasteiger charge is 2.19. The van der Waals surface area contributed by atoms with Gasteiger partial charge in [0, 0.05) is 5.92 Å². The summed E-state index contributed by atoms with van der Waals surface area (Å²) in [5.74, 6) is -0.350. The Balaban J connectivity index is 4.15. The van der Waals surface area contributed by atoms with Crippen molar-refractivity contribution in [1.82, 2.24) is 5.32 Å². The Morgan fingerprint density at radius 1 is 1.20 bits per heavy atom. The number of amides is 1. The van der Waals surface area contributed by atoms with Crippen LogP contribution in [0.5, 0.6) is 0 Å². The third kappa shape index (κ3) is 5.49. The average molecular weight is 215 g/mol. The van der Waals surface area contributed by atoms with Gasteiger partial charge < -0.3 is 16.8 Å². The highest BCUT2D eigenvalue weighted by Crippen LogP contribution is 2.02. The highest BCUT2D eigenvalue weighted by molar-refractivity contribution is 5.88. The maximum atomic E-state index is 11.6. The number of Topliss-reactive ketones (excluding diaryl/α,β-unsaturated/α-hetero) is 1. The summed E-state index contributed by atoms with van der Waals surface area (Å²) >= 11 is 0. The van der Waals surface area contributed by atoms with E-state index in [1.807, 2.05) is 0 Å². The zero-order chi connectivity index (χ0) is 11.8. The predicted molar refractivity (Wildman–Crippen MR) is 59.1 cm³/mol. The van der Waals surface area contributed by atoms with Gasteiger partial charge in [-0.15, -0.1) is 0 Å². The van der Waals surface area contributed by atoms with Gasteiger partial charge >= 0.3 is 0 Å². The van der Waals surface area contributed by atoms with Gasteiger partial charge in [0.15, 0.2) is 5.78 Å². The van der Waals surface area contributed by atoms with Gasteiger partial charge in [0.2, 0.25) is 5.91 Å². The van der Waals surface area contributed by atoms with Crippen LogP contribution in [0.15, 0.2) is 0 Å². The lowest BCUT2D eigenvalue weighted by atomic mass is 10.0. The van der Waals surface area contributed by atoms with Gasteiger partial charge in [0.05, 0.1) is 6.04 Å². The maximum Gasteiger partial charge on any atom is 0.223 e. The van der Waals surface area contributed by atoms with Crippen LogP contribution in [0.4, 0.5) is 0 Å². The van der Waals surface area contributed by atoms with Crippen LogP contribution < -0.4 is 16.8 Å². The van der Waals surface area contributed by atoms with Gasteiger partial charge in [-0.2, -0.15) is 0 Å². The molecule has 15 heavy (non-hydrogen) atoms. The summed E-state index contributed by atoms with van der Waals surface area (Å²) in [5, 5.41) is 2.68. The Kier molecular flexibility index (Phi) is 6.90. The van der Waals surface area contributed by atoms with Crippen molar-refractivity contribution in [3.63, 3.8) is 0 Å². The quantitative estimate of drug-likeness (QED) is 0.528. The molecule has 5 heteroatoms. The van der Waals surface area contributed by atoms with Crippen molar-refractivity contribution in [2.75, 3.05) is 13.1 Å². The number of carbonyl (C=O) groups excluding carboxylic acids is 2. The Hall–Kier alpha value is -0.940. The van der Waals surface area contributed by atoms with Crippen molar-refractivity contribution in [2.45, 2.75) is 32.7 Å². The maximum absolute atomic E-state index is 11.6. The van der Waals surface area contributed by atoms with Crippen LogP contribution in [-0.4, -0.2) is 30.8 Å². The molecule has 0 aliphatic carbocycles. The standard InChI is InChI=1S/C10H21N3O2/c1-7(3-5-11)10(15)13-9(4-6-12)8(2)14/h7,9H,3-6,11-12H2,1-2H3,(H,13,15)/t7-,9-/m0/s1. The largest absolute Gasteiger partial charge is 0.346 e. The summed E-state index contributed by atoms with van der Waals surface area (Å²) in [6.07, 6.45) is 1.11. The number of nitrogens with one attached hydrogen (secondary N) is 1. The second-order valence-electron chi connectivity index (χ2n) is 3.73. The number of hydrogen-bond donors (Lipinski definition) is 3. The zero-order valence-electron chi connectivity index (χ0n) is 9.45. The van der Waals surface area contributed by atoms with E-state index in [4.69, 9.17) is 11.5 Å². The van der Waals surface area contributed by atoms with E-state index in [0.717, 1.165) is 0 Å². The number of nitrogens with two attached hydrogens (primary N) is 2. The van der Waals surface area contributed by atoms with E-state index < -0.39 is 6.04 Å². The lowest BCUT2D eigenvalue weighted by Gasteiger charge is -2.17. The molecule has 0 saturated carbocycles. The summed E-state index contributed by atoms with van der Waals surface area (Å²) in [5.41, 5.74) is 10.7. The van der Waals surface area contributed by atoms with Crippen LogP contribution in [0.1, 0.15) is 26.7 Å². The third-order valence-corrected chi connectivity index (χ3v) is 2.31. The zero-order valence-corrected chi connectivity index (χ0v) is 9.45. The molecule has 0 saturated heterocycles. The molecule has 5 N–H and O–H groups in total. The fourth-order valence-corrected chi connectivity index (χ4v) is 1.24. The molecule has 0 aromatic heterocycles. The summed E-state index contributed by atoms with van der Waals surface area (Å²) < 4.78 is 0. The van der Waals surface area contributed by atoms with Crippen LogP contribution >= 0.6 is 0 Å². The van der Waals surface area contributed by atoms with E-state index in [9.17, 15) is 9.59 Å². The van der Waals surface area contributed by atoms with Crippen LogP contribution in [-0.2, 0) is 9.59 Å². The Morgan fingerprint density at radius 2 is 1.73 bits per heavy atom. The van der Waals surface area contributed by atoms with E-state index in [-0.39, 0.29) is 17.6 Å². The van der Waals surface area contributed by atoms with Gasteiger partial charge in [0.1, 0.15) is 0 Å². The topological polar surface area (TPSA) is 98.2 Å². The van der Waals surface area contributed by atoms with Crippen LogP contribution in [0.25, 0.3) is 0 Å². The van der Waals surface area contributed by atoms with Crippen molar-refractivity contribution in [3.05, 3.63) is 0 Å². The molecule has 0 radical (unpaired) electrons. The van der Waals surface area contributed by atoms with Gasteiger partial charge in [0.25, 0.3) is 0 Å². The molecule has 0 aromatic carbocycles. The first kappa shape index (κ1) is 14.1. The molecule has 0 rings (SSSR count). The van der Waals surface area contributed by atoms with Gasteiger partial charge in [-0.25, -0.2) is 0 Å². The minimum Gasteiger partial charge on any atom is -0.346 e. The number of hydrogen-bond acceptors (Lipinski definition) is 4. The fourth-order valence-electron chi connectivity index (χ4n) is 1.24. The molecular weight excluding hydrogens is 194 g/mol. The molecule has 88 valence electrons. The predicted octanol–water partition coefficient (Wildman–Crippen LogP) is -0.606. The molecule has 0 aliphatic rings. The first-order chi connectivity index (χ1) is 7.02. The van der Waals surface area contributed by atoms with Crippen LogP contribution in [0, 0.1) is 5.92 Å². The Bertz CT molecular complexity index is 219. The van der Waals surface area contributed by atoms with Crippen molar-refractivity contribution in [3.8, 4) is 0 Å². The minimum absolute atomic E-state index is 0.0613. The average Bonchev–Trinajstić information content (AvgIpc) is 2.17. The van der Waals surface area contributed by atoms with Crippen molar-refractivity contribution in [1.29, 1.82) is 0 Å². The molecule has 0 aromatic rings. The molecule has 1 amide bonds. The SMILES string of the molecule is CC(=O)[C@H](CCN)NC(=O)[C@@H](C)CCN. The minimum atomic E-state index is -0.456. The molecule has 0 fully saturated rings. The highest BCUT2D eigenvalue weighted by atomic mass is 16.2. The van der Waals surface area contributed by atoms with Gasteiger partial charge in [-0.05, 0) is 32.9 Å². The monoisotopic (exact) mass is 215 g/mol. The summed E-state index contributed by atoms with van der Waals surface area (Å²) in [4.78, 5) is 22.7. The smallest absolute Gasteiger partial charge is 0.223 e. The fraction of sp³-hybridized carbons (Fsp3) is 0.800. The lowest BCUT2D eigenvalue weighted by Crippen LogP contribution is -2.43. The van der Waals surface area contributed by atoms with Crippen molar-refractivity contribution in [2.24, 2.45) is 17.4 Å². The second kappa shape index (κ2) is 7.36. The molecule has 0 unspecified atom stereocenters. The summed E-state index contributed by atoms with van der Waals surface area (Å²) in [6.45, 7) is 4.10. The molecule has 5 nitrogen and oxygen atoms in total. The molecule has 0 aliphatic heterocycles. The molecule has 0 bridgehead atoms. The van der Waals surface area contributed by atoms with E-state index >= 15 is 0 Å². The normalized spacial score (nSPS) is 14.4. The Labute approximate surface area is 90.6 Å². The van der Waals surface area contributed by atoms with E-state index in [2.05, 4.69) is 5.32 Å². The summed E-state index contributed by atoms with van der Waals surface area (Å²) in [6, 6.07) is -0.456. The molecular formula is C10H21N3O2. The first-order valence-electron chi connectivity index (χ1n) is 5.23.